The van der Waals surface area contributed by atoms with E-state index in [9.17, 15) is 5.11 Å². The maximum absolute atomic E-state index is 9.54. The van der Waals surface area contributed by atoms with Crippen molar-refractivity contribution in [2.45, 2.75) is 31.5 Å². The molecule has 1 aromatic carbocycles. The lowest BCUT2D eigenvalue weighted by Gasteiger charge is -2.18. The number of aliphatic hydroxyl groups excluding tert-OH is 1. The van der Waals surface area contributed by atoms with Crippen molar-refractivity contribution in [2.24, 2.45) is 0 Å². The summed E-state index contributed by atoms with van der Waals surface area (Å²) in [7, 11) is 11.0. The number of ether oxygens (including phenoxy) is 2. The van der Waals surface area contributed by atoms with Gasteiger partial charge in [-0.3, -0.25) is 0 Å². The predicted octanol–water partition coefficient (Wildman–Crippen LogP) is 0.720. The third-order valence-electron chi connectivity index (χ3n) is 2.49. The molecule has 0 aliphatic carbocycles. The summed E-state index contributed by atoms with van der Waals surface area (Å²) in [5, 5.41) is 9.54. The van der Waals surface area contributed by atoms with Crippen molar-refractivity contribution in [2.75, 3.05) is 0 Å². The molecule has 1 aromatic rings. The van der Waals surface area contributed by atoms with Crippen molar-refractivity contribution in [1.82, 2.24) is 0 Å². The topological polar surface area (TPSA) is 38.7 Å². The van der Waals surface area contributed by atoms with E-state index in [4.69, 9.17) is 25.2 Å². The zero-order chi connectivity index (χ0) is 11.8. The van der Waals surface area contributed by atoms with E-state index in [2.05, 4.69) is 0 Å². The Morgan fingerprint density at radius 2 is 2.00 bits per heavy atom. The summed E-state index contributed by atoms with van der Waals surface area (Å²) in [6.07, 6.45) is 0.947. The predicted molar refractivity (Wildman–Crippen MR) is 61.9 cm³/mol. The Labute approximate surface area is 97.6 Å². The first-order valence-corrected chi connectivity index (χ1v) is 5.27. The Kier molecular flexibility index (Phi) is 2.89. The first kappa shape index (κ1) is 11.4. The first-order chi connectivity index (χ1) is 7.50. The zero-order valence-corrected chi connectivity index (χ0v) is 9.14. The largest absolute Gasteiger partial charge is 0.468 e. The molecule has 16 heavy (non-hydrogen) atoms. The molecular weight excluding hydrogens is 202 g/mol. The van der Waals surface area contributed by atoms with Crippen LogP contribution in [0.15, 0.2) is 18.2 Å². The van der Waals surface area contributed by atoms with Crippen LogP contribution in [0.25, 0.3) is 0 Å². The van der Waals surface area contributed by atoms with Crippen molar-refractivity contribution in [3.8, 4) is 11.5 Å². The van der Waals surface area contributed by atoms with E-state index in [0.717, 1.165) is 5.56 Å². The minimum Gasteiger partial charge on any atom is -0.468 e. The van der Waals surface area contributed by atoms with E-state index in [-0.39, 0.29) is 6.10 Å². The molecule has 4 radical (unpaired) electrons. The van der Waals surface area contributed by atoms with Crippen LogP contribution >= 0.6 is 0 Å². The molecule has 0 fully saturated rings. The maximum atomic E-state index is 9.54. The maximum Gasteiger partial charge on any atom is 0.175 e. The fourth-order valence-electron chi connectivity index (χ4n) is 1.62. The first-order valence-electron chi connectivity index (χ1n) is 5.27. The average molecular weight is 214 g/mol. The monoisotopic (exact) mass is 214 g/mol. The van der Waals surface area contributed by atoms with Gasteiger partial charge in [-0.05, 0) is 30.5 Å². The molecule has 0 spiro atoms. The third-order valence-corrected chi connectivity index (χ3v) is 2.49. The Bertz CT molecular complexity index is 393. The molecule has 1 N–H and O–H groups in total. The second-order valence-corrected chi connectivity index (χ2v) is 3.97. The smallest absolute Gasteiger partial charge is 0.175 e. The number of rotatable bonds is 3. The van der Waals surface area contributed by atoms with Gasteiger partial charge in [-0.1, -0.05) is 13.0 Å². The molecule has 5 heteroatoms. The normalized spacial score (nSPS) is 18.4. The lowest BCUT2D eigenvalue weighted by molar-refractivity contribution is 0.0833. The summed E-state index contributed by atoms with van der Waals surface area (Å²) < 4.78 is 10.4. The molecule has 0 unspecified atom stereocenters. The standard InChI is InChI=1S/C11H12B2O3/c1-2-8(14)5-7-3-4-9-10(6-7)16-11(12,13)15-9/h3-4,6,8,14H,2,5H2,1H3/t8-/m1/s1. The third kappa shape index (κ3) is 2.35. The molecule has 0 amide bonds. The van der Waals surface area contributed by atoms with Crippen LogP contribution in [0.5, 0.6) is 11.5 Å². The molecule has 80 valence electrons. The highest BCUT2D eigenvalue weighted by Gasteiger charge is 2.30. The highest BCUT2D eigenvalue weighted by atomic mass is 16.7. The summed E-state index contributed by atoms with van der Waals surface area (Å²) in [5.74, 6) is 1.05. The van der Waals surface area contributed by atoms with Gasteiger partial charge < -0.3 is 14.6 Å². The molecule has 0 aromatic heterocycles. The van der Waals surface area contributed by atoms with Gasteiger partial charge in [0.25, 0.3) is 0 Å². The zero-order valence-electron chi connectivity index (χ0n) is 9.14. The molecule has 0 saturated heterocycles. The lowest BCUT2D eigenvalue weighted by Crippen LogP contribution is -2.39. The number of fused-ring (bicyclic) bond motifs is 1. The minimum absolute atomic E-state index is 0.346. The molecule has 1 atom stereocenters. The summed E-state index contributed by atoms with van der Waals surface area (Å²) in [5.41, 5.74) is -0.612. The van der Waals surface area contributed by atoms with Gasteiger partial charge in [-0.15, -0.1) is 0 Å². The quantitative estimate of drug-likeness (QED) is 0.753. The Morgan fingerprint density at radius 1 is 1.31 bits per heavy atom. The lowest BCUT2D eigenvalue weighted by atomic mass is 9.76. The van der Waals surface area contributed by atoms with Gasteiger partial charge >= 0.3 is 0 Å². The fourth-order valence-corrected chi connectivity index (χ4v) is 1.62. The molecular formula is C11H12B2O3. The van der Waals surface area contributed by atoms with Crippen molar-refractivity contribution in [3.63, 3.8) is 0 Å². The number of hydrogen-bond donors (Lipinski definition) is 1. The van der Waals surface area contributed by atoms with Crippen molar-refractivity contribution >= 4 is 15.7 Å². The van der Waals surface area contributed by atoms with E-state index in [1.165, 1.54) is 0 Å². The van der Waals surface area contributed by atoms with Gasteiger partial charge in [0.15, 0.2) is 32.8 Å². The van der Waals surface area contributed by atoms with Crippen LogP contribution in [-0.4, -0.2) is 32.5 Å². The second kappa shape index (κ2) is 4.06. The van der Waals surface area contributed by atoms with Crippen LogP contribution in [0.3, 0.4) is 0 Å². The van der Waals surface area contributed by atoms with Crippen LogP contribution < -0.4 is 9.47 Å². The van der Waals surface area contributed by atoms with Gasteiger partial charge in [0.2, 0.25) is 0 Å². The highest BCUT2D eigenvalue weighted by Crippen LogP contribution is 2.37. The van der Waals surface area contributed by atoms with Crippen molar-refractivity contribution < 1.29 is 14.6 Å². The van der Waals surface area contributed by atoms with Gasteiger partial charge in [0, 0.05) is 0 Å². The molecule has 1 aliphatic heterocycles. The minimum atomic E-state index is -1.58. The number of hydrogen-bond acceptors (Lipinski definition) is 3. The fraction of sp³-hybridized carbons (Fsp3) is 0.455. The van der Waals surface area contributed by atoms with E-state index in [1.807, 2.05) is 13.0 Å². The second-order valence-electron chi connectivity index (χ2n) is 3.97. The molecule has 3 nitrogen and oxygen atoms in total. The van der Waals surface area contributed by atoms with Crippen LogP contribution in [-0.2, 0) is 6.42 Å². The van der Waals surface area contributed by atoms with Gasteiger partial charge in [-0.2, -0.15) is 0 Å². The van der Waals surface area contributed by atoms with Crippen LogP contribution in [0.1, 0.15) is 18.9 Å². The summed E-state index contributed by atoms with van der Waals surface area (Å²) in [6.45, 7) is 1.93. The number of aliphatic hydroxyl groups is 1. The van der Waals surface area contributed by atoms with Crippen LogP contribution in [0, 0.1) is 0 Å². The van der Waals surface area contributed by atoms with Gasteiger partial charge in [0.05, 0.1) is 6.10 Å². The van der Waals surface area contributed by atoms with Gasteiger partial charge in [-0.25, -0.2) is 0 Å². The van der Waals surface area contributed by atoms with E-state index in [0.29, 0.717) is 24.3 Å². The van der Waals surface area contributed by atoms with E-state index >= 15 is 0 Å². The van der Waals surface area contributed by atoms with Crippen LogP contribution in [0.2, 0.25) is 0 Å². The Morgan fingerprint density at radius 3 is 2.69 bits per heavy atom. The summed E-state index contributed by atoms with van der Waals surface area (Å²) in [4.78, 5) is 0. The molecule has 1 heterocycles. The molecule has 2 rings (SSSR count). The van der Waals surface area contributed by atoms with Crippen LogP contribution in [0.4, 0.5) is 0 Å². The van der Waals surface area contributed by atoms with Crippen molar-refractivity contribution in [1.29, 1.82) is 0 Å². The Hall–Kier alpha value is -1.09. The van der Waals surface area contributed by atoms with E-state index in [1.54, 1.807) is 12.1 Å². The van der Waals surface area contributed by atoms with Gasteiger partial charge in [0.1, 0.15) is 0 Å². The van der Waals surface area contributed by atoms with E-state index < -0.39 is 5.59 Å². The molecule has 0 saturated carbocycles. The molecule has 0 bridgehead atoms. The molecule has 1 aliphatic rings. The summed E-state index contributed by atoms with van der Waals surface area (Å²) >= 11 is 0. The SMILES string of the molecule is [B]C1([B])Oc2ccc(C[C@H](O)CC)cc2O1. The summed E-state index contributed by atoms with van der Waals surface area (Å²) in [6, 6.07) is 5.40. The Balaban J connectivity index is 2.16. The highest BCUT2D eigenvalue weighted by molar-refractivity contribution is 6.38. The van der Waals surface area contributed by atoms with Crippen molar-refractivity contribution in [3.05, 3.63) is 23.8 Å². The number of benzene rings is 1. The average Bonchev–Trinajstić information content (AvgIpc) is 2.51.